The summed E-state index contributed by atoms with van der Waals surface area (Å²) in [6.07, 6.45) is 5.82. The molecule has 2 rings (SSSR count). The average molecular weight is 249 g/mol. The Labute approximate surface area is 103 Å². The van der Waals surface area contributed by atoms with Gasteiger partial charge < -0.3 is 10.0 Å². The molecular formula is C11H11N3O4. The lowest BCUT2D eigenvalue weighted by Gasteiger charge is -2.24. The van der Waals surface area contributed by atoms with Crippen LogP contribution in [0.15, 0.2) is 24.4 Å². The molecule has 0 saturated heterocycles. The number of aromatic carboxylic acids is 1. The molecule has 7 heteroatoms. The molecule has 0 unspecified atom stereocenters. The fourth-order valence-electron chi connectivity index (χ4n) is 1.78. The van der Waals surface area contributed by atoms with Crippen LogP contribution in [0.5, 0.6) is 0 Å². The molecule has 0 spiro atoms. The molecule has 1 aromatic heterocycles. The number of nitrogens with zero attached hydrogens (tertiary/aromatic N) is 3. The molecule has 0 fully saturated rings. The second kappa shape index (κ2) is 4.82. The summed E-state index contributed by atoms with van der Waals surface area (Å²) in [7, 11) is 0. The molecule has 0 atom stereocenters. The predicted octanol–water partition coefficient (Wildman–Crippen LogP) is 1.45. The van der Waals surface area contributed by atoms with Crippen LogP contribution >= 0.6 is 0 Å². The van der Waals surface area contributed by atoms with Crippen LogP contribution in [0.2, 0.25) is 0 Å². The van der Waals surface area contributed by atoms with Crippen LogP contribution in [0, 0.1) is 10.1 Å². The van der Waals surface area contributed by atoms with E-state index in [1.165, 1.54) is 6.07 Å². The number of carboxylic acids is 1. The van der Waals surface area contributed by atoms with Gasteiger partial charge in [0.1, 0.15) is 17.6 Å². The summed E-state index contributed by atoms with van der Waals surface area (Å²) in [4.78, 5) is 26.8. The number of nitro groups is 1. The molecule has 0 radical (unpaired) electrons. The Morgan fingerprint density at radius 2 is 2.28 bits per heavy atom. The van der Waals surface area contributed by atoms with Crippen LogP contribution in [0.3, 0.4) is 0 Å². The SMILES string of the molecule is O=C(O)c1cc(N2CC=CCC2)ncc1[N+](=O)[O-]. The van der Waals surface area contributed by atoms with E-state index < -0.39 is 16.6 Å². The lowest BCUT2D eigenvalue weighted by atomic mass is 10.2. The summed E-state index contributed by atoms with van der Waals surface area (Å²) in [5, 5.41) is 19.7. The zero-order valence-electron chi connectivity index (χ0n) is 9.44. The number of hydrogen-bond donors (Lipinski definition) is 1. The monoisotopic (exact) mass is 249 g/mol. The molecule has 0 bridgehead atoms. The third kappa shape index (κ3) is 2.29. The quantitative estimate of drug-likeness (QED) is 0.494. The van der Waals surface area contributed by atoms with Crippen molar-refractivity contribution in [3.8, 4) is 0 Å². The van der Waals surface area contributed by atoms with Crippen molar-refractivity contribution in [1.29, 1.82) is 0 Å². The van der Waals surface area contributed by atoms with E-state index in [0.29, 0.717) is 12.4 Å². The van der Waals surface area contributed by atoms with E-state index >= 15 is 0 Å². The zero-order chi connectivity index (χ0) is 13.1. The van der Waals surface area contributed by atoms with Crippen LogP contribution in [0.4, 0.5) is 11.5 Å². The Balaban J connectivity index is 2.39. The zero-order valence-corrected chi connectivity index (χ0v) is 9.44. The smallest absolute Gasteiger partial charge is 0.342 e. The molecule has 1 N–H and O–H groups in total. The van der Waals surface area contributed by atoms with Crippen LogP contribution in [-0.2, 0) is 0 Å². The molecule has 94 valence electrons. The van der Waals surface area contributed by atoms with Crippen LogP contribution in [0.25, 0.3) is 0 Å². The Morgan fingerprint density at radius 3 is 2.83 bits per heavy atom. The summed E-state index contributed by atoms with van der Waals surface area (Å²) < 4.78 is 0. The Kier molecular flexibility index (Phi) is 3.22. The van der Waals surface area contributed by atoms with Crippen molar-refractivity contribution in [2.45, 2.75) is 6.42 Å². The summed E-state index contributed by atoms with van der Waals surface area (Å²) in [6.45, 7) is 1.35. The molecule has 7 nitrogen and oxygen atoms in total. The standard InChI is InChI=1S/C11H11N3O4/c15-11(16)8-6-10(12-7-9(8)14(17)18)13-4-2-1-3-5-13/h1-2,6-7H,3-5H2,(H,15,16). The number of carboxylic acid groups (broad SMARTS) is 1. The Bertz CT molecular complexity index is 527. The van der Waals surface area contributed by atoms with E-state index in [1.54, 1.807) is 0 Å². The van der Waals surface area contributed by atoms with Gasteiger partial charge in [-0.05, 0) is 6.42 Å². The van der Waals surface area contributed by atoms with Crippen molar-refractivity contribution in [3.05, 3.63) is 40.1 Å². The van der Waals surface area contributed by atoms with Gasteiger partial charge in [0.05, 0.1) is 4.92 Å². The molecular weight excluding hydrogens is 238 g/mol. The molecule has 0 amide bonds. The summed E-state index contributed by atoms with van der Waals surface area (Å²) in [6, 6.07) is 1.25. The second-order valence-electron chi connectivity index (χ2n) is 3.83. The van der Waals surface area contributed by atoms with Crippen LogP contribution < -0.4 is 4.90 Å². The molecule has 0 aromatic carbocycles. The molecule has 2 heterocycles. The summed E-state index contributed by atoms with van der Waals surface area (Å²) in [5.74, 6) is -0.875. The predicted molar refractivity (Wildman–Crippen MR) is 63.8 cm³/mol. The van der Waals surface area contributed by atoms with Crippen molar-refractivity contribution in [3.63, 3.8) is 0 Å². The van der Waals surface area contributed by atoms with Gasteiger partial charge in [0.2, 0.25) is 0 Å². The number of hydrogen-bond acceptors (Lipinski definition) is 5. The third-order valence-corrected chi connectivity index (χ3v) is 2.68. The van der Waals surface area contributed by atoms with Gasteiger partial charge in [0, 0.05) is 19.2 Å². The van der Waals surface area contributed by atoms with Crippen molar-refractivity contribution in [2.75, 3.05) is 18.0 Å². The highest BCUT2D eigenvalue weighted by molar-refractivity contribution is 5.93. The maximum Gasteiger partial charge on any atom is 0.342 e. The third-order valence-electron chi connectivity index (χ3n) is 2.68. The van der Waals surface area contributed by atoms with Crippen LogP contribution in [0.1, 0.15) is 16.8 Å². The van der Waals surface area contributed by atoms with Gasteiger partial charge in [-0.25, -0.2) is 9.78 Å². The highest BCUT2D eigenvalue weighted by atomic mass is 16.6. The van der Waals surface area contributed by atoms with E-state index in [4.69, 9.17) is 5.11 Å². The first-order chi connectivity index (χ1) is 8.59. The molecule has 18 heavy (non-hydrogen) atoms. The molecule has 0 aliphatic carbocycles. The number of rotatable bonds is 3. The van der Waals surface area contributed by atoms with Gasteiger partial charge in [0.25, 0.3) is 0 Å². The fraction of sp³-hybridized carbons (Fsp3) is 0.273. The van der Waals surface area contributed by atoms with Crippen molar-refractivity contribution in [1.82, 2.24) is 4.98 Å². The second-order valence-corrected chi connectivity index (χ2v) is 3.83. The minimum Gasteiger partial charge on any atom is -0.477 e. The van der Waals surface area contributed by atoms with Crippen molar-refractivity contribution >= 4 is 17.5 Å². The molecule has 1 aliphatic rings. The Hall–Kier alpha value is -2.44. The normalized spacial score (nSPS) is 14.6. The minimum absolute atomic E-state index is 0.334. The maximum absolute atomic E-state index is 11.0. The van der Waals surface area contributed by atoms with E-state index in [0.717, 1.165) is 19.2 Å². The molecule has 1 aromatic rings. The highest BCUT2D eigenvalue weighted by Crippen LogP contribution is 2.23. The fourth-order valence-corrected chi connectivity index (χ4v) is 1.78. The molecule has 0 saturated carbocycles. The number of carbonyl (C=O) groups is 1. The van der Waals surface area contributed by atoms with E-state index in [-0.39, 0.29) is 5.56 Å². The number of pyridine rings is 1. The Morgan fingerprint density at radius 1 is 1.50 bits per heavy atom. The first-order valence-corrected chi connectivity index (χ1v) is 5.37. The van der Waals surface area contributed by atoms with Gasteiger partial charge in [-0.3, -0.25) is 10.1 Å². The van der Waals surface area contributed by atoms with Crippen molar-refractivity contribution in [2.24, 2.45) is 0 Å². The van der Waals surface area contributed by atoms with E-state index in [1.807, 2.05) is 17.1 Å². The lowest BCUT2D eigenvalue weighted by Crippen LogP contribution is -2.27. The van der Waals surface area contributed by atoms with Gasteiger partial charge in [-0.1, -0.05) is 12.2 Å². The highest BCUT2D eigenvalue weighted by Gasteiger charge is 2.22. The first-order valence-electron chi connectivity index (χ1n) is 5.37. The number of anilines is 1. The minimum atomic E-state index is -1.32. The van der Waals surface area contributed by atoms with Gasteiger partial charge in [-0.2, -0.15) is 0 Å². The maximum atomic E-state index is 11.0. The van der Waals surface area contributed by atoms with Gasteiger partial charge in [0.15, 0.2) is 0 Å². The lowest BCUT2D eigenvalue weighted by molar-refractivity contribution is -0.385. The van der Waals surface area contributed by atoms with Gasteiger partial charge in [-0.15, -0.1) is 0 Å². The average Bonchev–Trinajstić information content (AvgIpc) is 2.39. The first kappa shape index (κ1) is 12.0. The van der Waals surface area contributed by atoms with E-state index in [2.05, 4.69) is 4.98 Å². The topological polar surface area (TPSA) is 96.6 Å². The summed E-state index contributed by atoms with van der Waals surface area (Å²) in [5.41, 5.74) is -0.821. The van der Waals surface area contributed by atoms with Crippen LogP contribution in [-0.4, -0.2) is 34.1 Å². The van der Waals surface area contributed by atoms with E-state index in [9.17, 15) is 14.9 Å². The van der Waals surface area contributed by atoms with Crippen molar-refractivity contribution < 1.29 is 14.8 Å². The van der Waals surface area contributed by atoms with Gasteiger partial charge >= 0.3 is 11.7 Å². The molecule has 1 aliphatic heterocycles. The number of aromatic nitrogens is 1. The summed E-state index contributed by atoms with van der Waals surface area (Å²) >= 11 is 0. The largest absolute Gasteiger partial charge is 0.477 e.